The van der Waals surface area contributed by atoms with Gasteiger partial charge in [0.25, 0.3) is 5.91 Å². The standard InChI is InChI=1S/C34H37F3N6O2/c1-42-12-13-43(20-34(42)10-11-34)24-4-5-25(31(18-24)38-23-8-14-45-15-9-23)33(44)39-32-27-16-21(2-7-30(27)40-41-32)28(19-35)26-17-22(36)3-6-29(26)37/h2-7,16-18,23,28,38H,8-15,19-20H2,1H3,(H2,39,40,41,44). The van der Waals surface area contributed by atoms with Crippen molar-refractivity contribution in [1.82, 2.24) is 15.1 Å². The lowest BCUT2D eigenvalue weighted by Crippen LogP contribution is -2.53. The summed E-state index contributed by atoms with van der Waals surface area (Å²) < 4.78 is 48.3. The van der Waals surface area contributed by atoms with E-state index in [1.165, 1.54) is 12.8 Å². The van der Waals surface area contributed by atoms with Crippen LogP contribution >= 0.6 is 0 Å². The van der Waals surface area contributed by atoms with Crippen LogP contribution in [0.2, 0.25) is 0 Å². The maximum atomic E-state index is 14.6. The second-order valence-electron chi connectivity index (χ2n) is 12.5. The van der Waals surface area contributed by atoms with Crippen molar-refractivity contribution in [3.63, 3.8) is 0 Å². The number of amides is 1. The van der Waals surface area contributed by atoms with Crippen molar-refractivity contribution in [1.29, 1.82) is 0 Å². The highest BCUT2D eigenvalue weighted by molar-refractivity contribution is 6.11. The van der Waals surface area contributed by atoms with E-state index in [2.05, 4.69) is 43.7 Å². The average molecular weight is 619 g/mol. The van der Waals surface area contributed by atoms with Gasteiger partial charge in [0.15, 0.2) is 5.82 Å². The molecule has 8 nitrogen and oxygen atoms in total. The molecule has 1 saturated carbocycles. The number of hydrogen-bond acceptors (Lipinski definition) is 6. The monoisotopic (exact) mass is 618 g/mol. The fourth-order valence-electron chi connectivity index (χ4n) is 6.73. The highest BCUT2D eigenvalue weighted by Gasteiger charge is 2.49. The van der Waals surface area contributed by atoms with E-state index in [9.17, 15) is 18.0 Å². The van der Waals surface area contributed by atoms with Gasteiger partial charge in [-0.3, -0.25) is 19.2 Å². The van der Waals surface area contributed by atoms with E-state index in [4.69, 9.17) is 4.74 Å². The van der Waals surface area contributed by atoms with Gasteiger partial charge < -0.3 is 20.3 Å². The lowest BCUT2D eigenvalue weighted by atomic mass is 9.91. The van der Waals surface area contributed by atoms with E-state index >= 15 is 0 Å². The van der Waals surface area contributed by atoms with Gasteiger partial charge in [0.1, 0.15) is 18.3 Å². The number of halogens is 3. The summed E-state index contributed by atoms with van der Waals surface area (Å²) in [7, 11) is 2.20. The summed E-state index contributed by atoms with van der Waals surface area (Å²) in [6.45, 7) is 3.29. The van der Waals surface area contributed by atoms with Gasteiger partial charge in [-0.05, 0) is 86.8 Å². The van der Waals surface area contributed by atoms with Gasteiger partial charge in [0.05, 0.1) is 11.1 Å². The van der Waals surface area contributed by atoms with E-state index in [-0.39, 0.29) is 28.9 Å². The smallest absolute Gasteiger partial charge is 0.258 e. The molecule has 2 saturated heterocycles. The second kappa shape index (κ2) is 12.0. The molecule has 3 aromatic carbocycles. The Balaban J connectivity index is 1.18. The van der Waals surface area contributed by atoms with Crippen molar-refractivity contribution in [2.24, 2.45) is 0 Å². The molecular weight excluding hydrogens is 581 g/mol. The Hall–Kier alpha value is -4.09. The number of fused-ring (bicyclic) bond motifs is 1. The number of aromatic nitrogens is 2. The summed E-state index contributed by atoms with van der Waals surface area (Å²) >= 11 is 0. The lowest BCUT2D eigenvalue weighted by molar-refractivity contribution is 0.0904. The number of carbonyl (C=O) groups is 1. The Bertz CT molecular complexity index is 1720. The van der Waals surface area contributed by atoms with Crippen molar-refractivity contribution in [3.05, 3.63) is 82.9 Å². The fourth-order valence-corrected chi connectivity index (χ4v) is 6.73. The molecule has 236 valence electrons. The SMILES string of the molecule is CN1CCN(c2ccc(C(=O)Nc3n[nH]c4ccc(C(CF)c5cc(F)ccc5F)cc34)c(NC3CCOCC3)c2)CC12CC2. The molecule has 4 aromatic rings. The molecule has 1 aromatic heterocycles. The van der Waals surface area contributed by atoms with Gasteiger partial charge in [-0.2, -0.15) is 5.10 Å². The molecule has 1 spiro atoms. The normalized spacial score (nSPS) is 19.2. The molecule has 45 heavy (non-hydrogen) atoms. The minimum atomic E-state index is -1.02. The third-order valence-electron chi connectivity index (χ3n) is 9.73. The van der Waals surface area contributed by atoms with Gasteiger partial charge in [-0.1, -0.05) is 6.07 Å². The number of H-pyrrole nitrogens is 1. The predicted molar refractivity (Wildman–Crippen MR) is 169 cm³/mol. The molecule has 3 heterocycles. The third kappa shape index (κ3) is 5.86. The topological polar surface area (TPSA) is 85.5 Å². The number of anilines is 3. The summed E-state index contributed by atoms with van der Waals surface area (Å²) in [5, 5.41) is 14.3. The first-order chi connectivity index (χ1) is 21.8. The molecule has 1 atom stereocenters. The number of hydrogen-bond donors (Lipinski definition) is 3. The second-order valence-corrected chi connectivity index (χ2v) is 12.5. The molecule has 3 aliphatic rings. The molecule has 2 aliphatic heterocycles. The van der Waals surface area contributed by atoms with Crippen LogP contribution in [0.1, 0.15) is 53.1 Å². The first-order valence-electron chi connectivity index (χ1n) is 15.6. The minimum absolute atomic E-state index is 0.0668. The maximum absolute atomic E-state index is 14.6. The zero-order chi connectivity index (χ0) is 31.1. The Morgan fingerprint density at radius 2 is 1.91 bits per heavy atom. The van der Waals surface area contributed by atoms with Crippen LogP contribution in [0.15, 0.2) is 54.6 Å². The van der Waals surface area contributed by atoms with Gasteiger partial charge in [0, 0.05) is 72.7 Å². The highest BCUT2D eigenvalue weighted by atomic mass is 19.1. The molecule has 0 bridgehead atoms. The van der Waals surface area contributed by atoms with E-state index in [1.54, 1.807) is 18.2 Å². The van der Waals surface area contributed by atoms with Gasteiger partial charge in [-0.25, -0.2) is 8.78 Å². The van der Waals surface area contributed by atoms with Crippen LogP contribution in [0, 0.1) is 11.6 Å². The van der Waals surface area contributed by atoms with Crippen LogP contribution in [0.5, 0.6) is 0 Å². The minimum Gasteiger partial charge on any atom is -0.381 e. The van der Waals surface area contributed by atoms with E-state index in [1.807, 2.05) is 12.1 Å². The van der Waals surface area contributed by atoms with Gasteiger partial charge in [-0.15, -0.1) is 0 Å². The van der Waals surface area contributed by atoms with Gasteiger partial charge in [0.2, 0.25) is 0 Å². The summed E-state index contributed by atoms with van der Waals surface area (Å²) in [6, 6.07) is 14.2. The van der Waals surface area contributed by atoms with Crippen LogP contribution in [-0.4, -0.2) is 79.2 Å². The number of rotatable bonds is 8. The maximum Gasteiger partial charge on any atom is 0.258 e. The molecule has 3 fully saturated rings. The molecule has 1 amide bonds. The van der Waals surface area contributed by atoms with Crippen LogP contribution in [-0.2, 0) is 4.74 Å². The Morgan fingerprint density at radius 1 is 1.09 bits per heavy atom. The number of likely N-dealkylation sites (N-methyl/N-ethyl adjacent to an activating group) is 1. The van der Waals surface area contributed by atoms with Crippen molar-refractivity contribution in [2.45, 2.75) is 43.2 Å². The quantitative estimate of drug-likeness (QED) is 0.222. The number of carbonyl (C=O) groups excluding carboxylic acids is 1. The Kier molecular flexibility index (Phi) is 7.91. The van der Waals surface area contributed by atoms with Gasteiger partial charge >= 0.3 is 0 Å². The number of aromatic amines is 1. The zero-order valence-electron chi connectivity index (χ0n) is 25.2. The predicted octanol–water partition coefficient (Wildman–Crippen LogP) is 6.07. The van der Waals surface area contributed by atoms with E-state index in [0.29, 0.717) is 35.2 Å². The average Bonchev–Trinajstić information content (AvgIpc) is 3.72. The molecule has 3 N–H and O–H groups in total. The summed E-state index contributed by atoms with van der Waals surface area (Å²) in [4.78, 5) is 18.7. The zero-order valence-corrected chi connectivity index (χ0v) is 25.2. The number of nitrogens with one attached hydrogen (secondary N) is 3. The largest absolute Gasteiger partial charge is 0.381 e. The van der Waals surface area contributed by atoms with Crippen molar-refractivity contribution in [2.75, 3.05) is 62.1 Å². The molecule has 1 unspecified atom stereocenters. The molecule has 0 radical (unpaired) electrons. The summed E-state index contributed by atoms with van der Waals surface area (Å²) in [5.41, 5.74) is 3.56. The van der Waals surface area contributed by atoms with E-state index < -0.39 is 24.2 Å². The number of alkyl halides is 1. The van der Waals surface area contributed by atoms with E-state index in [0.717, 1.165) is 62.0 Å². The fraction of sp³-hybridized carbons (Fsp3) is 0.412. The molecule has 1 aliphatic carbocycles. The van der Waals surface area contributed by atoms with Crippen LogP contribution in [0.3, 0.4) is 0 Å². The molecule has 7 rings (SSSR count). The lowest BCUT2D eigenvalue weighted by Gasteiger charge is -2.41. The van der Waals surface area contributed by atoms with Crippen LogP contribution < -0.4 is 15.5 Å². The number of benzene rings is 3. The Morgan fingerprint density at radius 3 is 2.69 bits per heavy atom. The first kappa shape index (κ1) is 29.6. The number of nitrogens with zero attached hydrogens (tertiary/aromatic N) is 3. The number of ether oxygens (including phenoxy) is 1. The molecular formula is C34H37F3N6O2. The summed E-state index contributed by atoms with van der Waals surface area (Å²) in [6.07, 6.45) is 4.10. The Labute approximate surface area is 259 Å². The van der Waals surface area contributed by atoms with Crippen molar-refractivity contribution >= 4 is 34.0 Å². The molecule has 11 heteroatoms. The van der Waals surface area contributed by atoms with Crippen molar-refractivity contribution in [3.8, 4) is 0 Å². The van der Waals surface area contributed by atoms with Crippen molar-refractivity contribution < 1.29 is 22.7 Å². The number of piperazine rings is 1. The van der Waals surface area contributed by atoms with Crippen LogP contribution in [0.25, 0.3) is 10.9 Å². The third-order valence-corrected chi connectivity index (χ3v) is 9.73. The van der Waals surface area contributed by atoms with Crippen LogP contribution in [0.4, 0.5) is 30.4 Å². The first-order valence-corrected chi connectivity index (χ1v) is 15.6. The highest BCUT2D eigenvalue weighted by Crippen LogP contribution is 2.44. The summed E-state index contributed by atoms with van der Waals surface area (Å²) in [5.74, 6) is -2.42.